The van der Waals surface area contributed by atoms with Crippen molar-refractivity contribution in [3.63, 3.8) is 0 Å². The molecule has 0 radical (unpaired) electrons. The highest BCUT2D eigenvalue weighted by molar-refractivity contribution is 6.84. The SMILES string of the molecule is CC(C)(C)c1ccc2c(C#C[Si](C)(C)C)c(C(C)(C)C)ccc2c1C#C[Si](C)(C)C. The summed E-state index contributed by atoms with van der Waals surface area (Å²) in [4.78, 5) is 0. The van der Waals surface area contributed by atoms with E-state index < -0.39 is 16.1 Å². The Kier molecular flexibility index (Phi) is 6.59. The summed E-state index contributed by atoms with van der Waals surface area (Å²) < 4.78 is 0. The van der Waals surface area contributed by atoms with Crippen LogP contribution in [0.4, 0.5) is 0 Å². The first kappa shape index (κ1) is 24.5. The van der Waals surface area contributed by atoms with Gasteiger partial charge in [-0.05, 0) is 32.7 Å². The van der Waals surface area contributed by atoms with Crippen molar-refractivity contribution < 1.29 is 0 Å². The number of fused-ring (bicyclic) bond motifs is 1. The maximum Gasteiger partial charge on any atom is 0.129 e. The molecule has 0 nitrogen and oxygen atoms in total. The number of hydrogen-bond acceptors (Lipinski definition) is 0. The van der Waals surface area contributed by atoms with E-state index in [2.05, 4.69) is 128 Å². The summed E-state index contributed by atoms with van der Waals surface area (Å²) >= 11 is 0. The lowest BCUT2D eigenvalue weighted by atomic mass is 9.78. The second kappa shape index (κ2) is 8.07. The van der Waals surface area contributed by atoms with Gasteiger partial charge in [-0.15, -0.1) is 11.1 Å². The van der Waals surface area contributed by atoms with E-state index in [1.165, 1.54) is 33.0 Å². The average molecular weight is 433 g/mol. The third-order valence-corrected chi connectivity index (χ3v) is 6.69. The molecule has 2 rings (SSSR count). The van der Waals surface area contributed by atoms with E-state index >= 15 is 0 Å². The Morgan fingerprint density at radius 1 is 0.533 bits per heavy atom. The molecule has 30 heavy (non-hydrogen) atoms. The van der Waals surface area contributed by atoms with Crippen LogP contribution in [0.1, 0.15) is 63.8 Å². The lowest BCUT2D eigenvalue weighted by Crippen LogP contribution is -2.18. The normalized spacial score (nSPS) is 12.8. The molecule has 0 spiro atoms. The van der Waals surface area contributed by atoms with Crippen molar-refractivity contribution in [2.24, 2.45) is 0 Å². The monoisotopic (exact) mass is 432 g/mol. The minimum absolute atomic E-state index is 0.0461. The van der Waals surface area contributed by atoms with Crippen LogP contribution in [0.3, 0.4) is 0 Å². The molecule has 0 N–H and O–H groups in total. The first-order valence-corrected chi connectivity index (χ1v) is 18.1. The molecule has 0 aliphatic heterocycles. The van der Waals surface area contributed by atoms with Crippen LogP contribution < -0.4 is 0 Å². The predicted octanol–water partition coefficient (Wildman–Crippen LogP) is 7.89. The molecule has 0 bridgehead atoms. The molecule has 0 saturated carbocycles. The van der Waals surface area contributed by atoms with Crippen LogP contribution >= 0.6 is 0 Å². The van der Waals surface area contributed by atoms with Gasteiger partial charge in [-0.3, -0.25) is 0 Å². The van der Waals surface area contributed by atoms with Gasteiger partial charge in [0.1, 0.15) is 16.1 Å². The number of rotatable bonds is 0. The highest BCUT2D eigenvalue weighted by Gasteiger charge is 2.24. The van der Waals surface area contributed by atoms with E-state index in [-0.39, 0.29) is 10.8 Å². The van der Waals surface area contributed by atoms with Crippen LogP contribution in [0.5, 0.6) is 0 Å². The smallest absolute Gasteiger partial charge is 0.127 e. The molecule has 0 unspecified atom stereocenters. The van der Waals surface area contributed by atoms with E-state index in [0.29, 0.717) is 0 Å². The van der Waals surface area contributed by atoms with Crippen LogP contribution in [0.25, 0.3) is 10.8 Å². The van der Waals surface area contributed by atoms with Gasteiger partial charge in [0.25, 0.3) is 0 Å². The van der Waals surface area contributed by atoms with Gasteiger partial charge in [0.15, 0.2) is 0 Å². The first-order chi connectivity index (χ1) is 13.4. The summed E-state index contributed by atoms with van der Waals surface area (Å²) in [6, 6.07) is 9.17. The van der Waals surface area contributed by atoms with Crippen LogP contribution in [0.2, 0.25) is 39.3 Å². The van der Waals surface area contributed by atoms with Crippen LogP contribution in [-0.4, -0.2) is 16.1 Å². The second-order valence-corrected chi connectivity index (χ2v) is 22.1. The highest BCUT2D eigenvalue weighted by Crippen LogP contribution is 2.36. The molecule has 0 saturated heterocycles. The van der Waals surface area contributed by atoms with Gasteiger partial charge < -0.3 is 0 Å². The molecule has 2 aromatic rings. The molecular formula is C28H40Si2. The molecular weight excluding hydrogens is 392 g/mol. The van der Waals surface area contributed by atoms with Crippen LogP contribution in [0.15, 0.2) is 24.3 Å². The van der Waals surface area contributed by atoms with Crippen molar-refractivity contribution in [1.29, 1.82) is 0 Å². The minimum atomic E-state index is -1.49. The highest BCUT2D eigenvalue weighted by atomic mass is 28.3. The molecule has 2 heteroatoms. The molecule has 0 atom stereocenters. The van der Waals surface area contributed by atoms with Gasteiger partial charge in [-0.25, -0.2) is 0 Å². The fourth-order valence-corrected chi connectivity index (χ4v) is 4.43. The van der Waals surface area contributed by atoms with E-state index in [4.69, 9.17) is 0 Å². The second-order valence-electron chi connectivity index (χ2n) is 12.6. The summed E-state index contributed by atoms with van der Waals surface area (Å²) in [5.41, 5.74) is 12.4. The Morgan fingerprint density at radius 2 is 0.833 bits per heavy atom. The van der Waals surface area contributed by atoms with Crippen LogP contribution in [0, 0.1) is 22.9 Å². The average Bonchev–Trinajstić information content (AvgIpc) is 2.53. The fraction of sp³-hybridized carbons (Fsp3) is 0.500. The Bertz CT molecular complexity index is 979. The Balaban J connectivity index is 3.02. The molecule has 0 aliphatic rings. The van der Waals surface area contributed by atoms with Crippen molar-refractivity contribution in [1.82, 2.24) is 0 Å². The van der Waals surface area contributed by atoms with Gasteiger partial charge in [0, 0.05) is 11.1 Å². The van der Waals surface area contributed by atoms with Gasteiger partial charge in [0.2, 0.25) is 0 Å². The molecule has 0 aliphatic carbocycles. The zero-order valence-corrected chi connectivity index (χ0v) is 23.3. The van der Waals surface area contributed by atoms with Crippen molar-refractivity contribution in [3.05, 3.63) is 46.5 Å². The van der Waals surface area contributed by atoms with E-state index in [9.17, 15) is 0 Å². The van der Waals surface area contributed by atoms with Gasteiger partial charge in [-0.2, -0.15) is 0 Å². The number of benzene rings is 2. The molecule has 0 heterocycles. The lowest BCUT2D eigenvalue weighted by molar-refractivity contribution is 0.588. The van der Waals surface area contributed by atoms with Crippen molar-refractivity contribution >= 4 is 26.9 Å². The largest absolute Gasteiger partial charge is 0.129 e. The van der Waals surface area contributed by atoms with Gasteiger partial charge in [-0.1, -0.05) is 117 Å². The summed E-state index contributed by atoms with van der Waals surface area (Å²) in [5.74, 6) is 7.27. The zero-order valence-electron chi connectivity index (χ0n) is 21.3. The van der Waals surface area contributed by atoms with Crippen molar-refractivity contribution in [3.8, 4) is 22.9 Å². The van der Waals surface area contributed by atoms with E-state index in [1.807, 2.05) is 0 Å². The summed E-state index contributed by atoms with van der Waals surface area (Å²) in [5, 5.41) is 2.50. The maximum atomic E-state index is 3.63. The Labute approximate surface area is 187 Å². The summed E-state index contributed by atoms with van der Waals surface area (Å²) in [6.07, 6.45) is 0. The standard InChI is InChI=1S/C28H40Si2/c1-27(2,3)25-15-13-22-21(23(25)17-19-29(7,8)9)14-16-26(28(4,5)6)24(22)18-20-30(10,11)12/h13-16H,1-12H3. The third-order valence-electron chi connectivity index (χ3n) is 4.94. The first-order valence-electron chi connectivity index (χ1n) is 11.1. The Morgan fingerprint density at radius 3 is 1.07 bits per heavy atom. The van der Waals surface area contributed by atoms with Crippen LogP contribution in [-0.2, 0) is 10.8 Å². The Hall–Kier alpha value is -1.75. The molecule has 2 aromatic carbocycles. The predicted molar refractivity (Wildman–Crippen MR) is 142 cm³/mol. The molecule has 0 fully saturated rings. The van der Waals surface area contributed by atoms with Crippen molar-refractivity contribution in [2.75, 3.05) is 0 Å². The van der Waals surface area contributed by atoms with E-state index in [0.717, 1.165) is 0 Å². The molecule has 160 valence electrons. The third kappa shape index (κ3) is 6.13. The maximum absolute atomic E-state index is 3.63. The summed E-state index contributed by atoms with van der Waals surface area (Å²) in [6.45, 7) is 27.5. The van der Waals surface area contributed by atoms with Crippen molar-refractivity contribution in [2.45, 2.75) is 91.7 Å². The van der Waals surface area contributed by atoms with E-state index in [1.54, 1.807) is 0 Å². The molecule has 0 aromatic heterocycles. The quantitative estimate of drug-likeness (QED) is 0.293. The zero-order chi connectivity index (χ0) is 23.1. The number of hydrogen-bond donors (Lipinski definition) is 0. The molecule has 0 amide bonds. The van der Waals surface area contributed by atoms with Gasteiger partial charge in [0.05, 0.1) is 0 Å². The lowest BCUT2D eigenvalue weighted by Gasteiger charge is -2.25. The van der Waals surface area contributed by atoms with Gasteiger partial charge >= 0.3 is 0 Å². The summed E-state index contributed by atoms with van der Waals surface area (Å²) in [7, 11) is -2.97. The topological polar surface area (TPSA) is 0 Å². The minimum Gasteiger partial charge on any atom is -0.127 e. The fourth-order valence-electron chi connectivity index (χ4n) is 3.43.